The Morgan fingerprint density at radius 2 is 1.76 bits per heavy atom. The Morgan fingerprint density at radius 1 is 1.03 bits per heavy atom. The molecule has 0 bridgehead atoms. The number of nitrogens with zero attached hydrogens (tertiary/aromatic N) is 2. The van der Waals surface area contributed by atoms with Crippen molar-refractivity contribution in [2.75, 3.05) is 19.8 Å². The molecule has 7 nitrogen and oxygen atoms in total. The lowest BCUT2D eigenvalue weighted by molar-refractivity contribution is -0.139. The fraction of sp³-hybridized carbons (Fsp3) is 0.269. The summed E-state index contributed by atoms with van der Waals surface area (Å²) in [5, 5.41) is 9.57. The number of fused-ring (bicyclic) bond motifs is 1. The van der Waals surface area contributed by atoms with E-state index in [0.29, 0.717) is 40.7 Å². The molecule has 176 valence electrons. The third-order valence-electron chi connectivity index (χ3n) is 5.75. The molecule has 0 aliphatic carbocycles. The number of aryl methyl sites for hydroxylation is 2. The topological polar surface area (TPSA) is 89.0 Å². The molecule has 0 saturated heterocycles. The standard InChI is InChI=1S/C26H25ClN2O5/c1-16-7-9-22(17(2)28-16)33-14-24(30)29-12-11-18-5-3-4-6-20(18)26(29)21-13-19(27)8-10-23(21)34-15-25(31)32/h3-10,13,26H,11-12,14-15H2,1-2H3,(H,31,32). The zero-order chi connectivity index (χ0) is 24.2. The third-order valence-corrected chi connectivity index (χ3v) is 5.98. The molecule has 1 unspecified atom stereocenters. The number of hydrogen-bond donors (Lipinski definition) is 1. The zero-order valence-corrected chi connectivity index (χ0v) is 19.7. The molecule has 1 N–H and O–H groups in total. The Kier molecular flexibility index (Phi) is 7.03. The Balaban J connectivity index is 1.68. The molecule has 1 aromatic heterocycles. The van der Waals surface area contributed by atoms with E-state index in [9.17, 15) is 9.59 Å². The Morgan fingerprint density at radius 3 is 2.53 bits per heavy atom. The first-order chi connectivity index (χ1) is 16.3. The first-order valence-electron chi connectivity index (χ1n) is 10.9. The van der Waals surface area contributed by atoms with Gasteiger partial charge >= 0.3 is 5.97 Å². The molecule has 34 heavy (non-hydrogen) atoms. The molecule has 4 rings (SSSR count). The first kappa shape index (κ1) is 23.6. The van der Waals surface area contributed by atoms with Gasteiger partial charge in [0.1, 0.15) is 11.5 Å². The minimum absolute atomic E-state index is 0.157. The second-order valence-corrected chi connectivity index (χ2v) is 8.56. The molecule has 0 saturated carbocycles. The molecule has 1 amide bonds. The van der Waals surface area contributed by atoms with Gasteiger partial charge in [-0.2, -0.15) is 0 Å². The molecule has 1 atom stereocenters. The van der Waals surface area contributed by atoms with Crippen LogP contribution < -0.4 is 9.47 Å². The van der Waals surface area contributed by atoms with Crippen LogP contribution >= 0.6 is 11.6 Å². The van der Waals surface area contributed by atoms with E-state index in [0.717, 1.165) is 16.8 Å². The van der Waals surface area contributed by atoms with Gasteiger partial charge < -0.3 is 19.5 Å². The summed E-state index contributed by atoms with van der Waals surface area (Å²) >= 11 is 6.32. The highest BCUT2D eigenvalue weighted by Gasteiger charge is 2.34. The predicted octanol–water partition coefficient (Wildman–Crippen LogP) is 4.37. The average Bonchev–Trinajstić information content (AvgIpc) is 2.81. The van der Waals surface area contributed by atoms with E-state index >= 15 is 0 Å². The summed E-state index contributed by atoms with van der Waals surface area (Å²) in [5.41, 5.74) is 4.27. The lowest BCUT2D eigenvalue weighted by atomic mass is 9.87. The number of halogens is 1. The molecule has 8 heteroatoms. The van der Waals surface area contributed by atoms with Crippen molar-refractivity contribution in [2.45, 2.75) is 26.3 Å². The summed E-state index contributed by atoms with van der Waals surface area (Å²) < 4.78 is 11.4. The van der Waals surface area contributed by atoms with Gasteiger partial charge in [-0.25, -0.2) is 4.79 Å². The third kappa shape index (κ3) is 5.15. The summed E-state index contributed by atoms with van der Waals surface area (Å²) in [6, 6.07) is 16.0. The Labute approximate surface area is 202 Å². The smallest absolute Gasteiger partial charge is 0.341 e. The van der Waals surface area contributed by atoms with Crippen LogP contribution in [0.2, 0.25) is 5.02 Å². The molecule has 3 aromatic rings. The van der Waals surface area contributed by atoms with Crippen LogP contribution in [0.15, 0.2) is 54.6 Å². The SMILES string of the molecule is Cc1ccc(OCC(=O)N2CCc3ccccc3C2c2cc(Cl)ccc2OCC(=O)O)c(C)n1. The molecule has 1 aliphatic heterocycles. The largest absolute Gasteiger partial charge is 0.482 e. The van der Waals surface area contributed by atoms with E-state index in [1.165, 1.54) is 0 Å². The number of ether oxygens (including phenoxy) is 2. The van der Waals surface area contributed by atoms with Crippen molar-refractivity contribution < 1.29 is 24.2 Å². The first-order valence-corrected chi connectivity index (χ1v) is 11.3. The number of hydrogen-bond acceptors (Lipinski definition) is 5. The highest BCUT2D eigenvalue weighted by atomic mass is 35.5. The van der Waals surface area contributed by atoms with Crippen LogP contribution in [-0.2, 0) is 16.0 Å². The number of carbonyl (C=O) groups is 2. The van der Waals surface area contributed by atoms with Gasteiger partial charge in [0.15, 0.2) is 13.2 Å². The van der Waals surface area contributed by atoms with Crippen molar-refractivity contribution in [3.05, 3.63) is 87.7 Å². The molecule has 0 radical (unpaired) electrons. The van der Waals surface area contributed by atoms with Gasteiger partial charge in [0.25, 0.3) is 5.91 Å². The number of amides is 1. The van der Waals surface area contributed by atoms with Crippen molar-refractivity contribution in [3.8, 4) is 11.5 Å². The molecule has 2 heterocycles. The number of pyridine rings is 1. The second-order valence-electron chi connectivity index (χ2n) is 8.13. The van der Waals surface area contributed by atoms with E-state index < -0.39 is 18.6 Å². The number of carboxylic acid groups (broad SMARTS) is 1. The van der Waals surface area contributed by atoms with Gasteiger partial charge in [-0.15, -0.1) is 0 Å². The van der Waals surface area contributed by atoms with Crippen molar-refractivity contribution in [2.24, 2.45) is 0 Å². The normalized spacial score (nSPS) is 14.9. The second kappa shape index (κ2) is 10.1. The molecular formula is C26H25ClN2O5. The van der Waals surface area contributed by atoms with E-state index in [1.807, 2.05) is 50.2 Å². The van der Waals surface area contributed by atoms with Gasteiger partial charge in [0.05, 0.1) is 11.7 Å². The maximum Gasteiger partial charge on any atom is 0.341 e. The van der Waals surface area contributed by atoms with Crippen LogP contribution in [0.25, 0.3) is 0 Å². The van der Waals surface area contributed by atoms with E-state index in [-0.39, 0.29) is 12.5 Å². The van der Waals surface area contributed by atoms with Gasteiger partial charge in [0.2, 0.25) is 0 Å². The summed E-state index contributed by atoms with van der Waals surface area (Å²) in [5.74, 6) is -0.371. The van der Waals surface area contributed by atoms with Crippen LogP contribution in [0.5, 0.6) is 11.5 Å². The van der Waals surface area contributed by atoms with Crippen molar-refractivity contribution in [1.29, 1.82) is 0 Å². The Hall–Kier alpha value is -3.58. The van der Waals surface area contributed by atoms with Crippen LogP contribution in [0.1, 0.15) is 34.1 Å². The number of aliphatic carboxylic acids is 1. The molecular weight excluding hydrogens is 456 g/mol. The molecule has 1 aliphatic rings. The fourth-order valence-electron chi connectivity index (χ4n) is 4.22. The minimum atomic E-state index is -1.09. The van der Waals surface area contributed by atoms with Crippen molar-refractivity contribution in [3.63, 3.8) is 0 Å². The Bertz CT molecular complexity index is 1230. The van der Waals surface area contributed by atoms with Crippen LogP contribution in [0.4, 0.5) is 0 Å². The maximum absolute atomic E-state index is 13.4. The van der Waals surface area contributed by atoms with E-state index in [2.05, 4.69) is 4.98 Å². The number of carbonyl (C=O) groups excluding carboxylic acids is 1. The summed E-state index contributed by atoms with van der Waals surface area (Å²) in [4.78, 5) is 30.7. The lowest BCUT2D eigenvalue weighted by Crippen LogP contribution is -2.43. The number of rotatable bonds is 7. The lowest BCUT2D eigenvalue weighted by Gasteiger charge is -2.38. The summed E-state index contributed by atoms with van der Waals surface area (Å²) in [6.45, 7) is 3.55. The molecule has 0 spiro atoms. The predicted molar refractivity (Wildman–Crippen MR) is 127 cm³/mol. The van der Waals surface area contributed by atoms with E-state index in [4.69, 9.17) is 26.2 Å². The van der Waals surface area contributed by atoms with Crippen LogP contribution in [-0.4, -0.2) is 46.6 Å². The molecule has 0 fully saturated rings. The molecule has 2 aromatic carbocycles. The van der Waals surface area contributed by atoms with Crippen LogP contribution in [0.3, 0.4) is 0 Å². The number of aromatic nitrogens is 1. The quantitative estimate of drug-likeness (QED) is 0.540. The van der Waals surface area contributed by atoms with Gasteiger partial charge in [-0.3, -0.25) is 9.78 Å². The maximum atomic E-state index is 13.4. The monoisotopic (exact) mass is 480 g/mol. The van der Waals surface area contributed by atoms with Gasteiger partial charge in [-0.05, 0) is 61.7 Å². The summed E-state index contributed by atoms with van der Waals surface area (Å²) in [7, 11) is 0. The summed E-state index contributed by atoms with van der Waals surface area (Å²) in [6.07, 6.45) is 0.690. The highest BCUT2D eigenvalue weighted by molar-refractivity contribution is 6.30. The minimum Gasteiger partial charge on any atom is -0.482 e. The fourth-order valence-corrected chi connectivity index (χ4v) is 4.40. The average molecular weight is 481 g/mol. The zero-order valence-electron chi connectivity index (χ0n) is 19.0. The van der Waals surface area contributed by atoms with Crippen LogP contribution in [0, 0.1) is 13.8 Å². The number of benzene rings is 2. The van der Waals surface area contributed by atoms with Gasteiger partial charge in [-0.1, -0.05) is 35.9 Å². The van der Waals surface area contributed by atoms with Crippen molar-refractivity contribution >= 4 is 23.5 Å². The van der Waals surface area contributed by atoms with Crippen molar-refractivity contribution in [1.82, 2.24) is 9.88 Å². The van der Waals surface area contributed by atoms with E-state index in [1.54, 1.807) is 23.1 Å². The highest BCUT2D eigenvalue weighted by Crippen LogP contribution is 2.40. The number of carboxylic acids is 1. The van der Waals surface area contributed by atoms with Gasteiger partial charge in [0, 0.05) is 22.8 Å².